The predicted octanol–water partition coefficient (Wildman–Crippen LogP) is 4.07. The van der Waals surface area contributed by atoms with Crippen molar-refractivity contribution in [3.8, 4) is 0 Å². The first kappa shape index (κ1) is 16.6. The Kier molecular flexibility index (Phi) is 4.16. The molecule has 4 nitrogen and oxygen atoms in total. The normalized spacial score (nSPS) is 14.4. The van der Waals surface area contributed by atoms with Crippen molar-refractivity contribution in [2.45, 2.75) is 19.1 Å². The van der Waals surface area contributed by atoms with Crippen molar-refractivity contribution in [3.63, 3.8) is 0 Å². The molecule has 0 fully saturated rings. The van der Waals surface area contributed by atoms with E-state index in [-0.39, 0.29) is 0 Å². The van der Waals surface area contributed by atoms with Crippen LogP contribution < -0.4 is 10.2 Å². The van der Waals surface area contributed by atoms with E-state index >= 15 is 0 Å². The fraction of sp³-hybridized carbons (Fsp3) is 0.312. The highest BCUT2D eigenvalue weighted by Crippen LogP contribution is 2.38. The van der Waals surface area contributed by atoms with Crippen LogP contribution in [0.1, 0.15) is 26.4 Å². The second-order valence-corrected chi connectivity index (χ2v) is 6.58. The van der Waals surface area contributed by atoms with E-state index in [0.717, 1.165) is 22.6 Å². The van der Waals surface area contributed by atoms with Crippen molar-refractivity contribution in [2.75, 3.05) is 23.8 Å². The molecule has 3 rings (SSSR count). The molecule has 0 saturated heterocycles. The SMILES string of the molecule is CNc1sc2c(c1C(=O)O)CCN(c1ccc(C(F)(F)F)cc1)C2. The van der Waals surface area contributed by atoms with Gasteiger partial charge in [-0.25, -0.2) is 4.79 Å². The largest absolute Gasteiger partial charge is 0.478 e. The molecule has 2 N–H and O–H groups in total. The summed E-state index contributed by atoms with van der Waals surface area (Å²) in [6, 6.07) is 5.05. The fourth-order valence-corrected chi connectivity index (χ4v) is 4.10. The zero-order valence-corrected chi connectivity index (χ0v) is 13.6. The quantitative estimate of drug-likeness (QED) is 0.871. The summed E-state index contributed by atoms with van der Waals surface area (Å²) in [5, 5.41) is 12.9. The Labute approximate surface area is 140 Å². The topological polar surface area (TPSA) is 52.6 Å². The minimum absolute atomic E-state index is 0.310. The van der Waals surface area contributed by atoms with Crippen molar-refractivity contribution in [3.05, 3.63) is 45.8 Å². The molecule has 2 aromatic rings. The number of nitrogens with one attached hydrogen (secondary N) is 1. The molecule has 0 radical (unpaired) electrons. The molecule has 1 aliphatic heterocycles. The average molecular weight is 356 g/mol. The van der Waals surface area contributed by atoms with Crippen LogP contribution in [-0.4, -0.2) is 24.7 Å². The lowest BCUT2D eigenvalue weighted by Gasteiger charge is -2.29. The van der Waals surface area contributed by atoms with Crippen LogP contribution in [-0.2, 0) is 19.1 Å². The van der Waals surface area contributed by atoms with Gasteiger partial charge in [0.2, 0.25) is 0 Å². The van der Waals surface area contributed by atoms with Crippen LogP contribution in [0.25, 0.3) is 0 Å². The van der Waals surface area contributed by atoms with Gasteiger partial charge < -0.3 is 15.3 Å². The molecule has 1 aromatic heterocycles. The molecular formula is C16H15F3N2O2S. The highest BCUT2D eigenvalue weighted by atomic mass is 32.1. The Morgan fingerprint density at radius 3 is 2.50 bits per heavy atom. The van der Waals surface area contributed by atoms with E-state index in [1.165, 1.54) is 23.5 Å². The van der Waals surface area contributed by atoms with Crippen LogP contribution >= 0.6 is 11.3 Å². The van der Waals surface area contributed by atoms with Gasteiger partial charge in [-0.2, -0.15) is 13.2 Å². The van der Waals surface area contributed by atoms with Crippen LogP contribution in [0.4, 0.5) is 23.9 Å². The monoisotopic (exact) mass is 356 g/mol. The summed E-state index contributed by atoms with van der Waals surface area (Å²) in [5.74, 6) is -0.958. The van der Waals surface area contributed by atoms with Gasteiger partial charge in [0.1, 0.15) is 5.00 Å². The van der Waals surface area contributed by atoms with Crippen molar-refractivity contribution >= 4 is 28.0 Å². The van der Waals surface area contributed by atoms with E-state index in [1.54, 1.807) is 7.05 Å². The Hall–Kier alpha value is -2.22. The molecular weight excluding hydrogens is 341 g/mol. The molecule has 1 aliphatic rings. The standard InChI is InChI=1S/C16H15F3N2O2S/c1-20-14-13(15(22)23)11-6-7-21(8-12(11)24-14)10-4-2-9(3-5-10)16(17,18)19/h2-5,20H,6-8H2,1H3,(H,22,23). The summed E-state index contributed by atoms with van der Waals surface area (Å²) in [7, 11) is 1.68. The van der Waals surface area contributed by atoms with Crippen molar-refractivity contribution < 1.29 is 23.1 Å². The second-order valence-electron chi connectivity index (χ2n) is 5.48. The Balaban J connectivity index is 1.86. The number of benzene rings is 1. The third kappa shape index (κ3) is 2.93. The molecule has 0 bridgehead atoms. The van der Waals surface area contributed by atoms with E-state index in [9.17, 15) is 23.1 Å². The summed E-state index contributed by atoms with van der Waals surface area (Å²) in [6.07, 6.45) is -3.80. The molecule has 0 saturated carbocycles. The fourth-order valence-electron chi connectivity index (χ4n) is 2.89. The number of alkyl halides is 3. The number of hydrogen-bond acceptors (Lipinski definition) is 4. The molecule has 24 heavy (non-hydrogen) atoms. The van der Waals surface area contributed by atoms with Gasteiger partial charge in [-0.15, -0.1) is 11.3 Å². The lowest BCUT2D eigenvalue weighted by molar-refractivity contribution is -0.137. The number of halogens is 3. The predicted molar refractivity (Wildman–Crippen MR) is 87.0 cm³/mol. The van der Waals surface area contributed by atoms with Gasteiger partial charge in [0, 0.05) is 24.2 Å². The van der Waals surface area contributed by atoms with Gasteiger partial charge in [0.25, 0.3) is 0 Å². The number of aromatic carboxylic acids is 1. The number of rotatable bonds is 3. The minimum atomic E-state index is -4.35. The maximum Gasteiger partial charge on any atom is 0.416 e. The Bertz CT molecular complexity index is 769. The molecule has 0 unspecified atom stereocenters. The third-order valence-corrected chi connectivity index (χ3v) is 5.29. The number of anilines is 2. The van der Waals surface area contributed by atoms with Crippen LogP contribution in [0.5, 0.6) is 0 Å². The molecule has 0 atom stereocenters. The van der Waals surface area contributed by atoms with E-state index in [0.29, 0.717) is 35.8 Å². The van der Waals surface area contributed by atoms with Crippen LogP contribution in [0.2, 0.25) is 0 Å². The summed E-state index contributed by atoms with van der Waals surface area (Å²) >= 11 is 1.38. The van der Waals surface area contributed by atoms with Crippen LogP contribution in [0.3, 0.4) is 0 Å². The first-order valence-electron chi connectivity index (χ1n) is 7.29. The third-order valence-electron chi connectivity index (χ3n) is 4.06. The molecule has 128 valence electrons. The smallest absolute Gasteiger partial charge is 0.416 e. The molecule has 0 amide bonds. The zero-order valence-electron chi connectivity index (χ0n) is 12.8. The van der Waals surface area contributed by atoms with Crippen molar-refractivity contribution in [1.82, 2.24) is 0 Å². The van der Waals surface area contributed by atoms with Crippen LogP contribution in [0.15, 0.2) is 24.3 Å². The van der Waals surface area contributed by atoms with Gasteiger partial charge in [-0.1, -0.05) is 0 Å². The summed E-state index contributed by atoms with van der Waals surface area (Å²) < 4.78 is 37.9. The van der Waals surface area contributed by atoms with Gasteiger partial charge in [0.05, 0.1) is 17.7 Å². The number of carbonyl (C=O) groups is 1. The molecule has 2 heterocycles. The van der Waals surface area contributed by atoms with E-state index < -0.39 is 17.7 Å². The number of carboxylic acid groups (broad SMARTS) is 1. The van der Waals surface area contributed by atoms with Gasteiger partial charge >= 0.3 is 12.1 Å². The molecule has 8 heteroatoms. The zero-order chi connectivity index (χ0) is 17.5. The maximum absolute atomic E-state index is 12.6. The second kappa shape index (κ2) is 6.01. The minimum Gasteiger partial charge on any atom is -0.478 e. The number of hydrogen-bond donors (Lipinski definition) is 2. The number of carboxylic acids is 1. The van der Waals surface area contributed by atoms with Crippen molar-refractivity contribution in [2.24, 2.45) is 0 Å². The molecule has 1 aromatic carbocycles. The van der Waals surface area contributed by atoms with E-state index in [4.69, 9.17) is 0 Å². The lowest BCUT2D eigenvalue weighted by atomic mass is 10.0. The maximum atomic E-state index is 12.6. The van der Waals surface area contributed by atoms with E-state index in [1.807, 2.05) is 4.90 Å². The van der Waals surface area contributed by atoms with Crippen LogP contribution in [0, 0.1) is 0 Å². The average Bonchev–Trinajstić information content (AvgIpc) is 2.92. The molecule has 0 spiro atoms. The number of nitrogens with zero attached hydrogens (tertiary/aromatic N) is 1. The highest BCUT2D eigenvalue weighted by Gasteiger charge is 2.31. The summed E-state index contributed by atoms with van der Waals surface area (Å²) in [6.45, 7) is 1.06. The molecule has 0 aliphatic carbocycles. The highest BCUT2D eigenvalue weighted by molar-refractivity contribution is 7.16. The first-order chi connectivity index (χ1) is 11.3. The Morgan fingerprint density at radius 2 is 1.96 bits per heavy atom. The number of thiophene rings is 1. The number of fused-ring (bicyclic) bond motifs is 1. The van der Waals surface area contributed by atoms with Gasteiger partial charge in [-0.05, 0) is 36.2 Å². The summed E-state index contributed by atoms with van der Waals surface area (Å²) in [5.41, 5.74) is 1.15. The summed E-state index contributed by atoms with van der Waals surface area (Å²) in [4.78, 5) is 14.3. The van der Waals surface area contributed by atoms with Crippen molar-refractivity contribution in [1.29, 1.82) is 0 Å². The first-order valence-corrected chi connectivity index (χ1v) is 8.10. The van der Waals surface area contributed by atoms with E-state index in [2.05, 4.69) is 5.32 Å². The lowest BCUT2D eigenvalue weighted by Crippen LogP contribution is -2.30. The van der Waals surface area contributed by atoms with Gasteiger partial charge in [0.15, 0.2) is 0 Å². The van der Waals surface area contributed by atoms with Gasteiger partial charge in [-0.3, -0.25) is 0 Å². The Morgan fingerprint density at radius 1 is 1.29 bits per heavy atom.